The molecule has 0 fully saturated rings. The number of aromatic nitrogens is 2. The monoisotopic (exact) mass is 488 g/mol. The van der Waals surface area contributed by atoms with Crippen molar-refractivity contribution in [3.05, 3.63) is 107 Å². The van der Waals surface area contributed by atoms with Gasteiger partial charge in [-0.15, -0.1) is 0 Å². The lowest BCUT2D eigenvalue weighted by Gasteiger charge is -2.35. The van der Waals surface area contributed by atoms with Crippen molar-refractivity contribution >= 4 is 11.6 Å². The van der Waals surface area contributed by atoms with Gasteiger partial charge in [0.15, 0.2) is 0 Å². The molecule has 0 bridgehead atoms. The summed E-state index contributed by atoms with van der Waals surface area (Å²) in [5, 5.41) is 7.05. The van der Waals surface area contributed by atoms with Crippen LogP contribution in [-0.2, 0) is 6.54 Å². The highest BCUT2D eigenvalue weighted by Crippen LogP contribution is 2.38. The van der Waals surface area contributed by atoms with E-state index in [9.17, 15) is 13.6 Å². The van der Waals surface area contributed by atoms with Crippen molar-refractivity contribution in [1.29, 1.82) is 0 Å². The fraction of sp³-hybridized carbons (Fsp3) is 0.148. The van der Waals surface area contributed by atoms with Gasteiger partial charge in [-0.3, -0.25) is 4.90 Å². The van der Waals surface area contributed by atoms with Gasteiger partial charge in [-0.25, -0.2) is 13.6 Å². The fourth-order valence-electron chi connectivity index (χ4n) is 4.16. The van der Waals surface area contributed by atoms with Crippen LogP contribution < -0.4 is 10.1 Å². The summed E-state index contributed by atoms with van der Waals surface area (Å²) in [5.74, 6) is 0.382. The van der Waals surface area contributed by atoms with Gasteiger partial charge in [0.05, 0.1) is 25.3 Å². The highest BCUT2D eigenvalue weighted by atomic mass is 19.1. The van der Waals surface area contributed by atoms with Crippen LogP contribution in [-0.4, -0.2) is 28.2 Å². The molecule has 0 aliphatic carbocycles. The zero-order chi connectivity index (χ0) is 25.2. The smallest absolute Gasteiger partial charge is 0.322 e. The first-order chi connectivity index (χ1) is 17.4. The number of rotatable bonds is 6. The first-order valence-corrected chi connectivity index (χ1v) is 11.2. The maximum atomic E-state index is 13.6. The van der Waals surface area contributed by atoms with Crippen molar-refractivity contribution in [2.24, 2.45) is 0 Å². The second-order valence-electron chi connectivity index (χ2n) is 8.30. The molecule has 1 aliphatic rings. The summed E-state index contributed by atoms with van der Waals surface area (Å²) >= 11 is 0. The SMILES string of the molecule is COc1cccc(CN2C(=O)NC(c3ccc(F)cc3)C(c3nc(-c4ccc(F)cc4)no3)=C2C)c1. The quantitative estimate of drug-likeness (QED) is 0.375. The number of allylic oxidation sites excluding steroid dienone is 1. The van der Waals surface area contributed by atoms with Crippen molar-refractivity contribution in [2.75, 3.05) is 7.11 Å². The molecule has 4 aromatic rings. The minimum absolute atomic E-state index is 0.191. The van der Waals surface area contributed by atoms with Crippen molar-refractivity contribution in [3.8, 4) is 17.1 Å². The summed E-state index contributed by atoms with van der Waals surface area (Å²) in [4.78, 5) is 19.3. The second-order valence-corrected chi connectivity index (χ2v) is 8.30. The molecule has 7 nitrogen and oxygen atoms in total. The third-order valence-corrected chi connectivity index (χ3v) is 6.03. The highest BCUT2D eigenvalue weighted by Gasteiger charge is 2.35. The lowest BCUT2D eigenvalue weighted by Crippen LogP contribution is -2.45. The van der Waals surface area contributed by atoms with Gasteiger partial charge in [-0.2, -0.15) is 4.98 Å². The Hall–Kier alpha value is -4.53. The van der Waals surface area contributed by atoms with Crippen molar-refractivity contribution in [1.82, 2.24) is 20.4 Å². The van der Waals surface area contributed by atoms with E-state index in [0.29, 0.717) is 28.1 Å². The molecule has 0 saturated carbocycles. The zero-order valence-corrected chi connectivity index (χ0v) is 19.5. The predicted octanol–water partition coefficient (Wildman–Crippen LogP) is 5.72. The Morgan fingerprint density at radius 1 is 1.03 bits per heavy atom. The molecule has 1 N–H and O–H groups in total. The lowest BCUT2D eigenvalue weighted by molar-refractivity contribution is 0.203. The van der Waals surface area contributed by atoms with Crippen molar-refractivity contribution in [3.63, 3.8) is 0 Å². The van der Waals surface area contributed by atoms with Gasteiger partial charge in [0.1, 0.15) is 17.4 Å². The van der Waals surface area contributed by atoms with Gasteiger partial charge in [-0.1, -0.05) is 29.4 Å². The van der Waals surface area contributed by atoms with Gasteiger partial charge in [-0.05, 0) is 66.6 Å². The lowest BCUT2D eigenvalue weighted by atomic mass is 9.94. The zero-order valence-electron chi connectivity index (χ0n) is 19.5. The molecule has 0 radical (unpaired) electrons. The van der Waals surface area contributed by atoms with Crippen molar-refractivity contribution < 1.29 is 22.8 Å². The van der Waals surface area contributed by atoms with Crippen LogP contribution in [0, 0.1) is 11.6 Å². The molecule has 36 heavy (non-hydrogen) atoms. The minimum Gasteiger partial charge on any atom is -0.497 e. The average molecular weight is 488 g/mol. The number of carbonyl (C=O) groups is 1. The summed E-state index contributed by atoms with van der Waals surface area (Å²) in [6.45, 7) is 2.07. The van der Waals surface area contributed by atoms with Gasteiger partial charge in [0, 0.05) is 11.3 Å². The number of nitrogens with one attached hydrogen (secondary N) is 1. The molecule has 3 aromatic carbocycles. The molecular weight excluding hydrogens is 466 g/mol. The average Bonchev–Trinajstić information content (AvgIpc) is 3.37. The van der Waals surface area contributed by atoms with Gasteiger partial charge < -0.3 is 14.6 Å². The first-order valence-electron chi connectivity index (χ1n) is 11.2. The van der Waals surface area contributed by atoms with Crippen LogP contribution in [0.5, 0.6) is 5.75 Å². The molecular formula is C27H22F2N4O3. The Morgan fingerprint density at radius 2 is 1.72 bits per heavy atom. The Bertz CT molecular complexity index is 1430. The molecule has 0 saturated heterocycles. The van der Waals surface area contributed by atoms with E-state index >= 15 is 0 Å². The molecule has 182 valence electrons. The van der Waals surface area contributed by atoms with E-state index in [0.717, 1.165) is 5.56 Å². The molecule has 1 unspecified atom stereocenters. The van der Waals surface area contributed by atoms with E-state index < -0.39 is 6.04 Å². The van der Waals surface area contributed by atoms with E-state index in [1.807, 2.05) is 24.3 Å². The van der Waals surface area contributed by atoms with Crippen LogP contribution in [0.2, 0.25) is 0 Å². The number of ether oxygens (including phenoxy) is 1. The van der Waals surface area contributed by atoms with Crippen LogP contribution in [0.3, 0.4) is 0 Å². The van der Waals surface area contributed by atoms with Crippen LogP contribution >= 0.6 is 0 Å². The summed E-state index contributed by atoms with van der Waals surface area (Å²) in [5.41, 5.74) is 3.27. The van der Waals surface area contributed by atoms with E-state index in [1.54, 1.807) is 43.2 Å². The third kappa shape index (κ3) is 4.55. The second kappa shape index (κ2) is 9.61. The molecule has 0 spiro atoms. The van der Waals surface area contributed by atoms with E-state index in [2.05, 4.69) is 15.5 Å². The molecule has 1 aromatic heterocycles. The fourth-order valence-corrected chi connectivity index (χ4v) is 4.16. The standard InChI is InChI=1S/C27H22F2N4O3/c1-16-23(26-31-25(32-36-26)19-8-12-21(29)13-9-19)24(18-6-10-20(28)11-7-18)30-27(34)33(16)15-17-4-3-5-22(14-17)35-2/h3-14,24H,15H2,1-2H3,(H,30,34). The minimum atomic E-state index is -0.652. The maximum Gasteiger partial charge on any atom is 0.322 e. The summed E-state index contributed by atoms with van der Waals surface area (Å²) in [6, 6.07) is 18.0. The van der Waals surface area contributed by atoms with Crippen molar-refractivity contribution in [2.45, 2.75) is 19.5 Å². The Labute approximate surface area is 206 Å². The Kier molecular flexibility index (Phi) is 6.20. The molecule has 5 rings (SSSR count). The highest BCUT2D eigenvalue weighted by molar-refractivity contribution is 5.86. The van der Waals surface area contributed by atoms with Crippen LogP contribution in [0.25, 0.3) is 17.0 Å². The largest absolute Gasteiger partial charge is 0.497 e. The number of amides is 2. The topological polar surface area (TPSA) is 80.5 Å². The van der Waals surface area contributed by atoms with Crippen LogP contribution in [0.4, 0.5) is 13.6 Å². The normalized spacial score (nSPS) is 15.7. The van der Waals surface area contributed by atoms with Gasteiger partial charge >= 0.3 is 6.03 Å². The number of urea groups is 1. The summed E-state index contributed by atoms with van der Waals surface area (Å²) in [6.07, 6.45) is 0. The van der Waals surface area contributed by atoms with Crippen LogP contribution in [0.15, 0.2) is 83.0 Å². The number of hydrogen-bond acceptors (Lipinski definition) is 5. The number of nitrogens with zero attached hydrogens (tertiary/aromatic N) is 3. The van der Waals surface area contributed by atoms with Crippen LogP contribution in [0.1, 0.15) is 30.0 Å². The number of methoxy groups -OCH3 is 1. The Balaban J connectivity index is 1.58. The predicted molar refractivity (Wildman–Crippen MR) is 128 cm³/mol. The molecule has 1 atom stereocenters. The van der Waals surface area contributed by atoms with E-state index in [-0.39, 0.29) is 35.9 Å². The summed E-state index contributed by atoms with van der Waals surface area (Å²) < 4.78 is 37.9. The number of benzene rings is 3. The Morgan fingerprint density at radius 3 is 2.42 bits per heavy atom. The van der Waals surface area contributed by atoms with E-state index in [1.165, 1.54) is 24.3 Å². The number of carbonyl (C=O) groups excluding carboxylic acids is 1. The van der Waals surface area contributed by atoms with E-state index in [4.69, 9.17) is 9.26 Å². The number of halogens is 2. The van der Waals surface area contributed by atoms with Gasteiger partial charge in [0.25, 0.3) is 5.89 Å². The molecule has 2 heterocycles. The summed E-state index contributed by atoms with van der Waals surface area (Å²) in [7, 11) is 1.58. The molecule has 1 aliphatic heterocycles. The maximum absolute atomic E-state index is 13.6. The third-order valence-electron chi connectivity index (χ3n) is 6.03. The number of hydrogen-bond donors (Lipinski definition) is 1. The first kappa shape index (κ1) is 23.2. The molecule has 9 heteroatoms. The molecule has 2 amide bonds. The van der Waals surface area contributed by atoms with Gasteiger partial charge in [0.2, 0.25) is 5.82 Å².